The summed E-state index contributed by atoms with van der Waals surface area (Å²) >= 11 is 0. The molecule has 1 aliphatic rings. The predicted molar refractivity (Wildman–Crippen MR) is 120 cm³/mol. The normalized spacial score (nSPS) is 15.8. The lowest BCUT2D eigenvalue weighted by Gasteiger charge is -2.31. The molecule has 1 N–H and O–H groups in total. The number of phenolic OH excluding ortho intramolecular Hbond substituents is 1. The van der Waals surface area contributed by atoms with Gasteiger partial charge in [-0.25, -0.2) is 0 Å². The number of hydrogen-bond donors (Lipinski definition) is 1. The summed E-state index contributed by atoms with van der Waals surface area (Å²) in [4.78, 5) is 15.1. The Labute approximate surface area is 180 Å². The fourth-order valence-corrected chi connectivity index (χ4v) is 4.66. The van der Waals surface area contributed by atoms with Crippen molar-refractivity contribution in [2.24, 2.45) is 13.0 Å². The van der Waals surface area contributed by atoms with Crippen LogP contribution < -0.4 is 5.56 Å². The molecule has 1 saturated heterocycles. The molecule has 7 nitrogen and oxygen atoms in total. The summed E-state index contributed by atoms with van der Waals surface area (Å²) in [5, 5.41) is 18.9. The van der Waals surface area contributed by atoms with Gasteiger partial charge in [0, 0.05) is 7.05 Å². The number of para-hydroxylation sites is 1. The van der Waals surface area contributed by atoms with E-state index >= 15 is 0 Å². The van der Waals surface area contributed by atoms with Gasteiger partial charge in [-0.2, -0.15) is 0 Å². The average molecular weight is 418 g/mol. The summed E-state index contributed by atoms with van der Waals surface area (Å²) in [5.41, 5.74) is 2.11. The van der Waals surface area contributed by atoms with E-state index < -0.39 is 0 Å². The molecule has 160 valence electrons. The zero-order valence-electron chi connectivity index (χ0n) is 17.7. The van der Waals surface area contributed by atoms with Crippen LogP contribution in [-0.2, 0) is 20.0 Å². The highest BCUT2D eigenvalue weighted by Gasteiger charge is 2.22. The second-order valence-electron chi connectivity index (χ2n) is 8.56. The highest BCUT2D eigenvalue weighted by atomic mass is 16.3. The van der Waals surface area contributed by atoms with Gasteiger partial charge in [0.05, 0.1) is 17.4 Å². The van der Waals surface area contributed by atoms with E-state index in [0.717, 1.165) is 43.3 Å². The maximum Gasteiger partial charge on any atom is 0.262 e. The maximum atomic E-state index is 12.6. The van der Waals surface area contributed by atoms with E-state index in [1.54, 1.807) is 23.7 Å². The van der Waals surface area contributed by atoms with Gasteiger partial charge >= 0.3 is 0 Å². The van der Waals surface area contributed by atoms with Crippen molar-refractivity contribution in [1.82, 2.24) is 24.1 Å². The fraction of sp³-hybridized carbons (Fsp3) is 0.375. The Morgan fingerprint density at radius 1 is 1.03 bits per heavy atom. The number of aromatic hydroxyl groups is 1. The summed E-state index contributed by atoms with van der Waals surface area (Å²) < 4.78 is 3.60. The van der Waals surface area contributed by atoms with Crippen molar-refractivity contribution >= 4 is 16.7 Å². The lowest BCUT2D eigenvalue weighted by Crippen LogP contribution is -2.34. The standard InChI is InChI=1S/C24H27N5O2/c1-27-23(31)20-4-2-3-5-21(20)29-22(25-26-24(27)29)16-28-14-12-18(13-15-28)7-6-17-8-10-19(30)11-9-17/h2-5,8-11,18,30H,6-7,12-16H2,1H3. The fourth-order valence-electron chi connectivity index (χ4n) is 4.66. The van der Waals surface area contributed by atoms with Crippen molar-refractivity contribution in [3.05, 3.63) is 70.3 Å². The Bertz CT molecular complexity index is 1270. The number of hydrogen-bond acceptors (Lipinski definition) is 5. The van der Waals surface area contributed by atoms with E-state index in [1.807, 2.05) is 40.8 Å². The summed E-state index contributed by atoms with van der Waals surface area (Å²) in [6, 6.07) is 15.2. The first-order valence-electron chi connectivity index (χ1n) is 10.9. The van der Waals surface area contributed by atoms with Gasteiger partial charge in [-0.05, 0) is 74.5 Å². The average Bonchev–Trinajstić information content (AvgIpc) is 3.22. The largest absolute Gasteiger partial charge is 0.508 e. The van der Waals surface area contributed by atoms with Gasteiger partial charge in [0.15, 0.2) is 5.82 Å². The Kier molecular flexibility index (Phi) is 5.19. The van der Waals surface area contributed by atoms with E-state index in [9.17, 15) is 9.90 Å². The van der Waals surface area contributed by atoms with Crippen LogP contribution >= 0.6 is 0 Å². The molecule has 3 heterocycles. The molecule has 4 aromatic rings. The van der Waals surface area contributed by atoms with E-state index in [2.05, 4.69) is 15.1 Å². The summed E-state index contributed by atoms with van der Waals surface area (Å²) in [5.74, 6) is 2.51. The van der Waals surface area contributed by atoms with Crippen LogP contribution in [0.15, 0.2) is 53.3 Å². The number of rotatable bonds is 5. The van der Waals surface area contributed by atoms with Crippen LogP contribution in [0.25, 0.3) is 16.7 Å². The molecule has 0 atom stereocenters. The van der Waals surface area contributed by atoms with Crippen molar-refractivity contribution in [2.45, 2.75) is 32.2 Å². The van der Waals surface area contributed by atoms with Crippen LogP contribution in [0.5, 0.6) is 5.75 Å². The Hall–Kier alpha value is -3.19. The number of likely N-dealkylation sites (tertiary alicyclic amines) is 1. The molecular formula is C24H27N5O2. The Morgan fingerprint density at radius 3 is 2.55 bits per heavy atom. The minimum absolute atomic E-state index is 0.0449. The molecule has 0 spiro atoms. The number of aryl methyl sites for hydroxylation is 2. The number of nitrogens with zero attached hydrogens (tertiary/aromatic N) is 5. The smallest absolute Gasteiger partial charge is 0.262 e. The first-order valence-corrected chi connectivity index (χ1v) is 10.9. The molecular weight excluding hydrogens is 390 g/mol. The second kappa shape index (κ2) is 8.15. The number of piperidine rings is 1. The van der Waals surface area contributed by atoms with Gasteiger partial charge in [0.1, 0.15) is 5.75 Å². The van der Waals surface area contributed by atoms with Crippen LogP contribution in [0.2, 0.25) is 0 Å². The molecule has 0 amide bonds. The molecule has 31 heavy (non-hydrogen) atoms. The predicted octanol–water partition coefficient (Wildman–Crippen LogP) is 3.13. The highest BCUT2D eigenvalue weighted by Crippen LogP contribution is 2.24. The summed E-state index contributed by atoms with van der Waals surface area (Å²) in [7, 11) is 1.75. The first-order chi connectivity index (χ1) is 15.1. The van der Waals surface area contributed by atoms with Crippen molar-refractivity contribution in [3.8, 4) is 5.75 Å². The molecule has 2 aromatic heterocycles. The van der Waals surface area contributed by atoms with Gasteiger partial charge in [-0.15, -0.1) is 10.2 Å². The Morgan fingerprint density at radius 2 is 1.77 bits per heavy atom. The van der Waals surface area contributed by atoms with Gasteiger partial charge in [-0.3, -0.25) is 18.7 Å². The van der Waals surface area contributed by atoms with Gasteiger partial charge in [0.2, 0.25) is 5.78 Å². The van der Waals surface area contributed by atoms with Crippen LogP contribution in [0.3, 0.4) is 0 Å². The van der Waals surface area contributed by atoms with Crippen molar-refractivity contribution in [2.75, 3.05) is 13.1 Å². The number of benzene rings is 2. The molecule has 0 saturated carbocycles. The molecule has 7 heteroatoms. The Balaban J connectivity index is 1.27. The zero-order valence-corrected chi connectivity index (χ0v) is 17.7. The van der Waals surface area contributed by atoms with E-state index in [1.165, 1.54) is 24.8 Å². The molecule has 2 aromatic carbocycles. The van der Waals surface area contributed by atoms with E-state index in [4.69, 9.17) is 0 Å². The summed E-state index contributed by atoms with van der Waals surface area (Å²) in [6.07, 6.45) is 4.58. The minimum atomic E-state index is -0.0449. The van der Waals surface area contributed by atoms with Crippen LogP contribution in [0.1, 0.15) is 30.7 Å². The van der Waals surface area contributed by atoms with Crippen LogP contribution in [-0.4, -0.2) is 42.3 Å². The number of aromatic nitrogens is 4. The van der Waals surface area contributed by atoms with Gasteiger partial charge in [0.25, 0.3) is 5.56 Å². The zero-order chi connectivity index (χ0) is 21.4. The molecule has 0 bridgehead atoms. The first kappa shape index (κ1) is 19.8. The summed E-state index contributed by atoms with van der Waals surface area (Å²) in [6.45, 7) is 2.81. The molecule has 1 fully saturated rings. The minimum Gasteiger partial charge on any atom is -0.508 e. The van der Waals surface area contributed by atoms with Crippen molar-refractivity contribution in [3.63, 3.8) is 0 Å². The molecule has 0 aliphatic carbocycles. The maximum absolute atomic E-state index is 12.6. The molecule has 5 rings (SSSR count). The topological polar surface area (TPSA) is 75.7 Å². The number of phenols is 1. The quantitative estimate of drug-likeness (QED) is 0.540. The van der Waals surface area contributed by atoms with E-state index in [0.29, 0.717) is 16.9 Å². The van der Waals surface area contributed by atoms with Gasteiger partial charge in [-0.1, -0.05) is 24.3 Å². The van der Waals surface area contributed by atoms with Crippen LogP contribution in [0.4, 0.5) is 0 Å². The lowest BCUT2D eigenvalue weighted by atomic mass is 9.90. The van der Waals surface area contributed by atoms with Crippen molar-refractivity contribution < 1.29 is 5.11 Å². The third-order valence-electron chi connectivity index (χ3n) is 6.54. The molecule has 0 radical (unpaired) electrons. The molecule has 0 unspecified atom stereocenters. The lowest BCUT2D eigenvalue weighted by molar-refractivity contribution is 0.168. The molecule has 1 aliphatic heterocycles. The monoisotopic (exact) mass is 417 g/mol. The van der Waals surface area contributed by atoms with Gasteiger partial charge < -0.3 is 5.11 Å². The van der Waals surface area contributed by atoms with E-state index in [-0.39, 0.29) is 5.56 Å². The SMILES string of the molecule is Cn1c(=O)c2ccccc2n2c(CN3CCC(CCc4ccc(O)cc4)CC3)nnc12. The van der Waals surface area contributed by atoms with Crippen molar-refractivity contribution in [1.29, 1.82) is 0 Å². The highest BCUT2D eigenvalue weighted by molar-refractivity contribution is 5.80. The third-order valence-corrected chi connectivity index (χ3v) is 6.54. The van der Waals surface area contributed by atoms with Crippen LogP contribution in [0, 0.1) is 5.92 Å². The second-order valence-corrected chi connectivity index (χ2v) is 8.56. The number of fused-ring (bicyclic) bond motifs is 3. The third kappa shape index (κ3) is 3.81.